The number of hydrogen-bond acceptors (Lipinski definition) is 4. The van der Waals surface area contributed by atoms with Crippen molar-refractivity contribution in [2.75, 3.05) is 19.6 Å². The summed E-state index contributed by atoms with van der Waals surface area (Å²) in [5, 5.41) is 29.9. The molecular weight excluding hydrogens is 252 g/mol. The Hall–Kier alpha value is -1.34. The Bertz CT molecular complexity index is 345. The molecule has 1 aliphatic rings. The molecule has 0 saturated carbocycles. The van der Waals surface area contributed by atoms with Gasteiger partial charge in [0, 0.05) is 31.5 Å². The van der Waals surface area contributed by atoms with E-state index in [-0.39, 0.29) is 24.4 Å². The zero-order chi connectivity index (χ0) is 14.6. The molecule has 0 aromatic rings. The van der Waals surface area contributed by atoms with Crippen LogP contribution in [0.4, 0.5) is 4.79 Å². The van der Waals surface area contributed by atoms with Gasteiger partial charge in [0.25, 0.3) is 0 Å². The van der Waals surface area contributed by atoms with Crippen molar-refractivity contribution in [1.29, 1.82) is 0 Å². The van der Waals surface area contributed by atoms with E-state index in [2.05, 4.69) is 5.32 Å². The van der Waals surface area contributed by atoms with Crippen molar-refractivity contribution < 1.29 is 24.9 Å². The largest absolute Gasteiger partial charge is 0.479 e. The second kappa shape index (κ2) is 6.21. The fourth-order valence-electron chi connectivity index (χ4n) is 2.07. The lowest BCUT2D eigenvalue weighted by Gasteiger charge is -2.41. The van der Waals surface area contributed by atoms with E-state index >= 15 is 0 Å². The van der Waals surface area contributed by atoms with Crippen molar-refractivity contribution in [3.8, 4) is 0 Å². The van der Waals surface area contributed by atoms with E-state index in [4.69, 9.17) is 10.2 Å². The number of carboxylic acid groups (broad SMARTS) is 1. The maximum atomic E-state index is 11.8. The van der Waals surface area contributed by atoms with Gasteiger partial charge >= 0.3 is 12.0 Å². The van der Waals surface area contributed by atoms with Gasteiger partial charge in [-0.05, 0) is 6.42 Å². The predicted molar refractivity (Wildman–Crippen MR) is 67.6 cm³/mol. The number of urea groups is 1. The highest BCUT2D eigenvalue weighted by molar-refractivity contribution is 5.75. The quantitative estimate of drug-likeness (QED) is 0.559. The van der Waals surface area contributed by atoms with Crippen LogP contribution in [0.3, 0.4) is 0 Å². The van der Waals surface area contributed by atoms with Gasteiger partial charge in [0.15, 0.2) is 6.10 Å². The molecule has 1 heterocycles. The molecule has 1 aliphatic heterocycles. The third kappa shape index (κ3) is 4.36. The maximum Gasteiger partial charge on any atom is 0.332 e. The zero-order valence-electron chi connectivity index (χ0n) is 11.3. The van der Waals surface area contributed by atoms with Gasteiger partial charge in [-0.25, -0.2) is 9.59 Å². The van der Waals surface area contributed by atoms with Crippen molar-refractivity contribution in [3.05, 3.63) is 0 Å². The second-order valence-electron chi connectivity index (χ2n) is 5.59. The molecule has 7 nitrogen and oxygen atoms in total. The van der Waals surface area contributed by atoms with Crippen LogP contribution in [0.25, 0.3) is 0 Å². The van der Waals surface area contributed by atoms with Gasteiger partial charge in [-0.15, -0.1) is 0 Å². The summed E-state index contributed by atoms with van der Waals surface area (Å²) in [6, 6.07) is -0.294. The van der Waals surface area contributed by atoms with Gasteiger partial charge < -0.3 is 25.5 Å². The Balaban J connectivity index is 2.36. The zero-order valence-corrected chi connectivity index (χ0v) is 11.3. The minimum absolute atomic E-state index is 0.0269. The first-order valence-electron chi connectivity index (χ1n) is 6.36. The summed E-state index contributed by atoms with van der Waals surface area (Å²) in [7, 11) is 0. The topological polar surface area (TPSA) is 110 Å². The summed E-state index contributed by atoms with van der Waals surface area (Å²) in [6.07, 6.45) is -1.38. The summed E-state index contributed by atoms with van der Waals surface area (Å²) in [4.78, 5) is 23.8. The van der Waals surface area contributed by atoms with Gasteiger partial charge in [-0.3, -0.25) is 0 Å². The van der Waals surface area contributed by atoms with Crippen molar-refractivity contribution in [2.24, 2.45) is 5.41 Å². The second-order valence-corrected chi connectivity index (χ2v) is 5.59. The van der Waals surface area contributed by atoms with Crippen LogP contribution in [0.2, 0.25) is 0 Å². The molecule has 0 bridgehead atoms. The number of nitrogens with one attached hydrogen (secondary N) is 1. The molecule has 1 fully saturated rings. The number of hydrogen-bond donors (Lipinski definition) is 4. The molecule has 1 unspecified atom stereocenters. The lowest BCUT2D eigenvalue weighted by atomic mass is 9.81. The number of piperidine rings is 1. The first-order chi connectivity index (χ1) is 8.74. The number of nitrogens with zero attached hydrogens (tertiary/aromatic N) is 1. The van der Waals surface area contributed by atoms with Crippen LogP contribution in [0.15, 0.2) is 0 Å². The minimum atomic E-state index is -1.46. The Morgan fingerprint density at radius 3 is 2.63 bits per heavy atom. The molecule has 4 N–H and O–H groups in total. The molecule has 2 atom stereocenters. The summed E-state index contributed by atoms with van der Waals surface area (Å²) < 4.78 is 0. The van der Waals surface area contributed by atoms with Crippen LogP contribution in [0, 0.1) is 5.41 Å². The highest BCUT2D eigenvalue weighted by atomic mass is 16.4. The number of aliphatic hydroxyl groups excluding tert-OH is 2. The van der Waals surface area contributed by atoms with E-state index in [9.17, 15) is 14.7 Å². The molecule has 7 heteroatoms. The standard InChI is InChI=1S/C12H22N2O5/c1-12(2)7-14(6-4-9(12)16)11(19)13-5-3-8(15)10(17)18/h8-9,15-16H,3-7H2,1-2H3,(H,13,19)(H,17,18)/t8-,9?/m0/s1. The molecule has 0 radical (unpaired) electrons. The van der Waals surface area contributed by atoms with Gasteiger partial charge in [0.1, 0.15) is 0 Å². The van der Waals surface area contributed by atoms with E-state index in [1.807, 2.05) is 13.8 Å². The smallest absolute Gasteiger partial charge is 0.332 e. The van der Waals surface area contributed by atoms with Crippen molar-refractivity contribution in [3.63, 3.8) is 0 Å². The number of likely N-dealkylation sites (tertiary alicyclic amines) is 1. The van der Waals surface area contributed by atoms with Gasteiger partial charge in [0.05, 0.1) is 6.10 Å². The van der Waals surface area contributed by atoms with E-state index in [0.717, 1.165) is 0 Å². The highest BCUT2D eigenvalue weighted by Crippen LogP contribution is 2.28. The molecule has 1 saturated heterocycles. The monoisotopic (exact) mass is 274 g/mol. The van der Waals surface area contributed by atoms with Crippen molar-refractivity contribution >= 4 is 12.0 Å². The SMILES string of the molecule is CC1(C)CN(C(=O)NCC[C@H](O)C(=O)O)CCC1O. The number of carbonyl (C=O) groups excluding carboxylic acids is 1. The van der Waals surface area contributed by atoms with E-state index in [0.29, 0.717) is 19.5 Å². The number of amides is 2. The van der Waals surface area contributed by atoms with E-state index in [1.54, 1.807) is 4.90 Å². The Morgan fingerprint density at radius 1 is 1.47 bits per heavy atom. The molecule has 0 aromatic heterocycles. The summed E-state index contributed by atoms with van der Waals surface area (Å²) >= 11 is 0. The van der Waals surface area contributed by atoms with Crippen LogP contribution in [0.1, 0.15) is 26.7 Å². The Kier molecular flexibility index (Phi) is 5.13. The molecular formula is C12H22N2O5. The maximum absolute atomic E-state index is 11.8. The van der Waals surface area contributed by atoms with Gasteiger partial charge in [-0.2, -0.15) is 0 Å². The number of rotatable bonds is 4. The van der Waals surface area contributed by atoms with E-state index < -0.39 is 18.2 Å². The third-order valence-corrected chi connectivity index (χ3v) is 3.44. The average molecular weight is 274 g/mol. The van der Waals surface area contributed by atoms with Gasteiger partial charge in [0.2, 0.25) is 0 Å². The fourth-order valence-corrected chi connectivity index (χ4v) is 2.07. The number of carboxylic acids is 1. The van der Waals surface area contributed by atoms with Crippen LogP contribution in [-0.4, -0.2) is 64.1 Å². The van der Waals surface area contributed by atoms with Crippen LogP contribution >= 0.6 is 0 Å². The number of aliphatic carboxylic acids is 1. The molecule has 0 aliphatic carbocycles. The first-order valence-corrected chi connectivity index (χ1v) is 6.36. The summed E-state index contributed by atoms with van der Waals surface area (Å²) in [6.45, 7) is 4.81. The number of aliphatic hydroxyl groups is 2. The lowest BCUT2D eigenvalue weighted by molar-refractivity contribution is -0.146. The molecule has 110 valence electrons. The van der Waals surface area contributed by atoms with Crippen LogP contribution in [-0.2, 0) is 4.79 Å². The number of carbonyl (C=O) groups is 2. The molecule has 2 amide bonds. The van der Waals surface area contributed by atoms with E-state index in [1.165, 1.54) is 0 Å². The molecule has 19 heavy (non-hydrogen) atoms. The molecule has 1 rings (SSSR count). The lowest BCUT2D eigenvalue weighted by Crippen LogP contribution is -2.53. The third-order valence-electron chi connectivity index (χ3n) is 3.44. The fraction of sp³-hybridized carbons (Fsp3) is 0.833. The first kappa shape index (κ1) is 15.7. The van der Waals surface area contributed by atoms with Crippen molar-refractivity contribution in [2.45, 2.75) is 38.9 Å². The average Bonchev–Trinajstić information content (AvgIpc) is 2.32. The molecule has 0 spiro atoms. The van der Waals surface area contributed by atoms with Crippen molar-refractivity contribution in [1.82, 2.24) is 10.2 Å². The normalized spacial score (nSPS) is 23.8. The predicted octanol–water partition coefficient (Wildman–Crippen LogP) is -0.376. The van der Waals surface area contributed by atoms with Crippen LogP contribution in [0.5, 0.6) is 0 Å². The summed E-state index contributed by atoms with van der Waals surface area (Å²) in [5.41, 5.74) is -0.351. The summed E-state index contributed by atoms with van der Waals surface area (Å²) in [5.74, 6) is -1.29. The Morgan fingerprint density at radius 2 is 2.11 bits per heavy atom. The van der Waals surface area contributed by atoms with Gasteiger partial charge in [-0.1, -0.05) is 13.8 Å². The highest BCUT2D eigenvalue weighted by Gasteiger charge is 2.36. The Labute approximate surface area is 112 Å². The van der Waals surface area contributed by atoms with Crippen LogP contribution < -0.4 is 5.32 Å². The molecule has 0 aromatic carbocycles. The minimum Gasteiger partial charge on any atom is -0.479 e.